The summed E-state index contributed by atoms with van der Waals surface area (Å²) in [5.74, 6) is 1.94. The van der Waals surface area contributed by atoms with E-state index in [1.54, 1.807) is 0 Å². The predicted molar refractivity (Wildman–Crippen MR) is 103 cm³/mol. The highest BCUT2D eigenvalue weighted by Crippen LogP contribution is 2.15. The molecule has 1 aliphatic heterocycles. The van der Waals surface area contributed by atoms with Crippen LogP contribution in [0.25, 0.3) is 0 Å². The molecule has 2 rings (SSSR count). The third-order valence-electron chi connectivity index (χ3n) is 3.99. The molecule has 0 unspecified atom stereocenters. The van der Waals surface area contributed by atoms with Crippen LogP contribution in [0.2, 0.25) is 0 Å². The Hall–Kier alpha value is -0.790. The molecule has 126 valence electrons. The quantitative estimate of drug-likeness (QED) is 0.346. The number of aliphatic imine (C=N–C) groups is 1. The second-order valence-corrected chi connectivity index (χ2v) is 6.04. The van der Waals surface area contributed by atoms with E-state index in [4.69, 9.17) is 4.99 Å². The highest BCUT2D eigenvalue weighted by Gasteiger charge is 2.18. The summed E-state index contributed by atoms with van der Waals surface area (Å²) in [6, 6.07) is 0. The molecule has 1 saturated heterocycles. The molecule has 1 aromatic heterocycles. The van der Waals surface area contributed by atoms with E-state index in [1.807, 2.05) is 10.9 Å². The summed E-state index contributed by atoms with van der Waals surface area (Å²) >= 11 is 0. The second kappa shape index (κ2) is 10.1. The monoisotopic (exact) mass is 419 g/mol. The molecule has 0 saturated carbocycles. The van der Waals surface area contributed by atoms with Gasteiger partial charge in [0.2, 0.25) is 0 Å². The first-order valence-electron chi connectivity index (χ1n) is 8.21. The van der Waals surface area contributed by atoms with E-state index < -0.39 is 0 Å². The van der Waals surface area contributed by atoms with Gasteiger partial charge in [0.1, 0.15) is 0 Å². The van der Waals surface area contributed by atoms with Gasteiger partial charge in [-0.25, -0.2) is 0 Å². The summed E-state index contributed by atoms with van der Waals surface area (Å²) in [4.78, 5) is 7.18. The third-order valence-corrected chi connectivity index (χ3v) is 3.99. The number of aromatic nitrogens is 2. The number of hydrogen-bond acceptors (Lipinski definition) is 2. The fourth-order valence-corrected chi connectivity index (χ4v) is 2.65. The Morgan fingerprint density at radius 2 is 2.14 bits per heavy atom. The van der Waals surface area contributed by atoms with Gasteiger partial charge < -0.3 is 10.2 Å². The second-order valence-electron chi connectivity index (χ2n) is 6.04. The summed E-state index contributed by atoms with van der Waals surface area (Å²) in [7, 11) is 0. The molecule has 6 heteroatoms. The Morgan fingerprint density at radius 3 is 2.73 bits per heavy atom. The summed E-state index contributed by atoms with van der Waals surface area (Å²) in [5.41, 5.74) is 1.22. The van der Waals surface area contributed by atoms with Crippen molar-refractivity contribution in [1.29, 1.82) is 0 Å². The van der Waals surface area contributed by atoms with Gasteiger partial charge in [-0.3, -0.25) is 9.67 Å². The van der Waals surface area contributed by atoms with Gasteiger partial charge in [0.05, 0.1) is 6.20 Å². The molecular weight excluding hydrogens is 389 g/mol. The molecule has 0 bridgehead atoms. The van der Waals surface area contributed by atoms with Crippen molar-refractivity contribution in [2.24, 2.45) is 10.9 Å². The van der Waals surface area contributed by atoms with E-state index in [1.165, 1.54) is 18.4 Å². The molecule has 0 atom stereocenters. The van der Waals surface area contributed by atoms with Gasteiger partial charge in [-0.2, -0.15) is 5.10 Å². The van der Waals surface area contributed by atoms with Crippen molar-refractivity contribution in [3.05, 3.63) is 18.0 Å². The van der Waals surface area contributed by atoms with Gasteiger partial charge in [-0.15, -0.1) is 24.0 Å². The van der Waals surface area contributed by atoms with E-state index in [9.17, 15) is 0 Å². The number of hydrogen-bond donors (Lipinski definition) is 1. The van der Waals surface area contributed by atoms with Crippen molar-refractivity contribution in [3.8, 4) is 0 Å². The van der Waals surface area contributed by atoms with Gasteiger partial charge in [-0.1, -0.05) is 6.92 Å². The van der Waals surface area contributed by atoms with Gasteiger partial charge in [0.15, 0.2) is 5.96 Å². The number of nitrogens with one attached hydrogen (secondary N) is 1. The fourth-order valence-electron chi connectivity index (χ4n) is 2.65. The van der Waals surface area contributed by atoms with Crippen LogP contribution in [0, 0.1) is 12.8 Å². The molecule has 1 N–H and O–H groups in total. The van der Waals surface area contributed by atoms with Crippen LogP contribution in [0.15, 0.2) is 17.4 Å². The predicted octanol–water partition coefficient (Wildman–Crippen LogP) is 2.90. The molecule has 1 fully saturated rings. The van der Waals surface area contributed by atoms with Crippen molar-refractivity contribution in [3.63, 3.8) is 0 Å². The largest absolute Gasteiger partial charge is 0.357 e. The Morgan fingerprint density at radius 1 is 1.41 bits per heavy atom. The molecule has 1 aromatic rings. The summed E-state index contributed by atoms with van der Waals surface area (Å²) in [6.45, 7) is 11.5. The number of likely N-dealkylation sites (tertiary alicyclic amines) is 1. The maximum Gasteiger partial charge on any atom is 0.193 e. The van der Waals surface area contributed by atoms with Crippen LogP contribution in [0.4, 0.5) is 0 Å². The van der Waals surface area contributed by atoms with Gasteiger partial charge in [0.25, 0.3) is 0 Å². The maximum atomic E-state index is 4.77. The number of guanidine groups is 1. The smallest absolute Gasteiger partial charge is 0.193 e. The van der Waals surface area contributed by atoms with Crippen molar-refractivity contribution in [2.45, 2.75) is 46.6 Å². The van der Waals surface area contributed by atoms with E-state index in [2.05, 4.69) is 42.3 Å². The van der Waals surface area contributed by atoms with Gasteiger partial charge in [0, 0.05) is 38.9 Å². The molecule has 22 heavy (non-hydrogen) atoms. The first-order valence-corrected chi connectivity index (χ1v) is 8.21. The van der Waals surface area contributed by atoms with Crippen LogP contribution >= 0.6 is 24.0 Å². The van der Waals surface area contributed by atoms with Crippen molar-refractivity contribution >= 4 is 29.9 Å². The SMILES string of the molecule is CCNC(=NCCCn1cc(C)cn1)N1CCC(C)CC1.I. The van der Waals surface area contributed by atoms with Crippen molar-refractivity contribution in [1.82, 2.24) is 20.0 Å². The topological polar surface area (TPSA) is 45.5 Å². The fraction of sp³-hybridized carbons (Fsp3) is 0.750. The molecule has 0 aromatic carbocycles. The zero-order valence-electron chi connectivity index (χ0n) is 14.1. The van der Waals surface area contributed by atoms with Crippen LogP contribution in [0.1, 0.15) is 38.7 Å². The maximum absolute atomic E-state index is 4.77. The standard InChI is InChI=1S/C16H29N5.HI/c1-4-17-16(20-10-6-14(2)7-11-20)18-8-5-9-21-13-15(3)12-19-21;/h12-14H,4-11H2,1-3H3,(H,17,18);1H. The molecule has 0 spiro atoms. The van der Waals surface area contributed by atoms with Crippen LogP contribution in [-0.2, 0) is 6.54 Å². The highest BCUT2D eigenvalue weighted by molar-refractivity contribution is 14.0. The molecule has 2 heterocycles. The average molecular weight is 419 g/mol. The molecular formula is C16H30IN5. The lowest BCUT2D eigenvalue weighted by Gasteiger charge is -2.33. The number of nitrogens with zero attached hydrogens (tertiary/aromatic N) is 4. The lowest BCUT2D eigenvalue weighted by atomic mass is 10.00. The Labute approximate surface area is 151 Å². The lowest BCUT2D eigenvalue weighted by molar-refractivity contribution is 0.273. The normalized spacial score (nSPS) is 16.5. The third kappa shape index (κ3) is 6.14. The van der Waals surface area contributed by atoms with Crippen molar-refractivity contribution < 1.29 is 0 Å². The number of aryl methyl sites for hydroxylation is 2. The molecule has 1 aliphatic rings. The van der Waals surface area contributed by atoms with Crippen LogP contribution in [-0.4, -0.2) is 46.8 Å². The lowest BCUT2D eigenvalue weighted by Crippen LogP contribution is -2.45. The van der Waals surface area contributed by atoms with Crippen LogP contribution in [0.5, 0.6) is 0 Å². The first kappa shape index (κ1) is 19.3. The first-order chi connectivity index (χ1) is 10.2. The summed E-state index contributed by atoms with van der Waals surface area (Å²) in [5, 5.41) is 7.73. The molecule has 0 radical (unpaired) electrons. The van der Waals surface area contributed by atoms with Gasteiger partial charge >= 0.3 is 0 Å². The van der Waals surface area contributed by atoms with Crippen molar-refractivity contribution in [2.75, 3.05) is 26.2 Å². The molecule has 0 amide bonds. The van der Waals surface area contributed by atoms with Crippen LogP contribution in [0.3, 0.4) is 0 Å². The van der Waals surface area contributed by atoms with Crippen LogP contribution < -0.4 is 5.32 Å². The zero-order valence-corrected chi connectivity index (χ0v) is 16.4. The minimum Gasteiger partial charge on any atom is -0.357 e. The minimum absolute atomic E-state index is 0. The zero-order chi connectivity index (χ0) is 15.1. The van der Waals surface area contributed by atoms with E-state index in [-0.39, 0.29) is 24.0 Å². The van der Waals surface area contributed by atoms with E-state index in [0.29, 0.717) is 0 Å². The summed E-state index contributed by atoms with van der Waals surface area (Å²) < 4.78 is 2.00. The Balaban J connectivity index is 0.00000242. The molecule has 0 aliphatic carbocycles. The number of halogens is 1. The minimum atomic E-state index is 0. The average Bonchev–Trinajstić information content (AvgIpc) is 2.89. The summed E-state index contributed by atoms with van der Waals surface area (Å²) in [6.07, 6.45) is 7.57. The number of rotatable bonds is 5. The number of piperidine rings is 1. The Bertz CT molecular complexity index is 449. The molecule has 5 nitrogen and oxygen atoms in total. The van der Waals surface area contributed by atoms with Gasteiger partial charge in [-0.05, 0) is 44.6 Å². The Kier molecular flexibility index (Phi) is 8.82. The van der Waals surface area contributed by atoms with E-state index in [0.717, 1.165) is 51.0 Å². The van der Waals surface area contributed by atoms with E-state index >= 15 is 0 Å². The highest BCUT2D eigenvalue weighted by atomic mass is 127.